The molecule has 1 aliphatic heterocycles. The lowest BCUT2D eigenvalue weighted by Crippen LogP contribution is -2.31. The Balaban J connectivity index is 1.37. The largest absolute Gasteiger partial charge is 0.377 e. The van der Waals surface area contributed by atoms with Crippen LogP contribution in [0.15, 0.2) is 66.2 Å². The third kappa shape index (κ3) is 4.73. The molecule has 1 saturated heterocycles. The number of benzene rings is 1. The molecule has 10 heteroatoms. The van der Waals surface area contributed by atoms with Crippen LogP contribution in [-0.4, -0.2) is 48.1 Å². The molecule has 0 spiro atoms. The summed E-state index contributed by atoms with van der Waals surface area (Å²) in [5, 5.41) is 2.74. The summed E-state index contributed by atoms with van der Waals surface area (Å²) in [6.07, 6.45) is 8.30. The van der Waals surface area contributed by atoms with E-state index in [0.717, 1.165) is 12.8 Å². The zero-order valence-corrected chi connectivity index (χ0v) is 16.9. The minimum Gasteiger partial charge on any atom is -0.377 e. The minimum atomic E-state index is -3.65. The van der Waals surface area contributed by atoms with Gasteiger partial charge in [-0.05, 0) is 49.2 Å². The highest BCUT2D eigenvalue weighted by molar-refractivity contribution is 7.89. The predicted molar refractivity (Wildman–Crippen MR) is 110 cm³/mol. The van der Waals surface area contributed by atoms with Gasteiger partial charge in [-0.2, -0.15) is 0 Å². The summed E-state index contributed by atoms with van der Waals surface area (Å²) in [4.78, 5) is 20.8. The molecule has 3 heterocycles. The Morgan fingerprint density at radius 2 is 2.03 bits per heavy atom. The van der Waals surface area contributed by atoms with Crippen molar-refractivity contribution in [2.45, 2.75) is 23.8 Å². The van der Waals surface area contributed by atoms with Crippen molar-refractivity contribution >= 4 is 21.6 Å². The molecule has 2 aromatic heterocycles. The molecule has 30 heavy (non-hydrogen) atoms. The van der Waals surface area contributed by atoms with Crippen LogP contribution in [0.2, 0.25) is 0 Å². The molecular formula is C20H21N5O4S. The molecule has 156 valence electrons. The van der Waals surface area contributed by atoms with Gasteiger partial charge in [0.05, 0.1) is 22.9 Å². The number of rotatable bonds is 7. The van der Waals surface area contributed by atoms with Gasteiger partial charge in [0.15, 0.2) is 0 Å². The lowest BCUT2D eigenvalue weighted by Gasteiger charge is -2.12. The number of anilines is 1. The second-order valence-corrected chi connectivity index (χ2v) is 8.61. The number of hydrogen-bond acceptors (Lipinski definition) is 6. The number of aromatic nitrogens is 3. The van der Waals surface area contributed by atoms with Crippen LogP contribution in [0.3, 0.4) is 0 Å². The van der Waals surface area contributed by atoms with Crippen LogP contribution in [0.25, 0.3) is 5.82 Å². The van der Waals surface area contributed by atoms with E-state index in [1.54, 1.807) is 41.6 Å². The van der Waals surface area contributed by atoms with Crippen molar-refractivity contribution < 1.29 is 17.9 Å². The molecule has 0 bridgehead atoms. The van der Waals surface area contributed by atoms with E-state index in [1.165, 1.54) is 24.3 Å². The fourth-order valence-corrected chi connectivity index (χ4v) is 4.15. The zero-order chi connectivity index (χ0) is 21.0. The molecule has 9 nitrogen and oxygen atoms in total. The average Bonchev–Trinajstić information content (AvgIpc) is 3.47. The second kappa shape index (κ2) is 8.74. The second-order valence-electron chi connectivity index (χ2n) is 6.84. The fraction of sp³-hybridized carbons (Fsp3) is 0.250. The number of imidazole rings is 1. The van der Waals surface area contributed by atoms with E-state index in [1.807, 2.05) is 0 Å². The normalized spacial score (nSPS) is 16.5. The fourth-order valence-electron chi connectivity index (χ4n) is 3.09. The molecule has 1 unspecified atom stereocenters. The Bertz CT molecular complexity index is 1090. The molecule has 2 N–H and O–H groups in total. The van der Waals surface area contributed by atoms with Gasteiger partial charge >= 0.3 is 0 Å². The van der Waals surface area contributed by atoms with Gasteiger partial charge in [-0.15, -0.1) is 0 Å². The highest BCUT2D eigenvalue weighted by atomic mass is 32.2. The number of pyridine rings is 1. The van der Waals surface area contributed by atoms with Crippen molar-refractivity contribution in [3.63, 3.8) is 0 Å². The summed E-state index contributed by atoms with van der Waals surface area (Å²) in [5.41, 5.74) is 0.866. The van der Waals surface area contributed by atoms with Crippen LogP contribution >= 0.6 is 0 Å². The topological polar surface area (TPSA) is 115 Å². The van der Waals surface area contributed by atoms with Gasteiger partial charge in [-0.25, -0.2) is 23.1 Å². The van der Waals surface area contributed by atoms with Crippen molar-refractivity contribution in [1.29, 1.82) is 0 Å². The van der Waals surface area contributed by atoms with E-state index in [2.05, 4.69) is 20.0 Å². The number of amides is 1. The SMILES string of the molecule is O=C(Nc1ccc(-n2ccnc2)nc1)c1ccc(S(=O)(=O)NCC2CCCO2)cc1. The quantitative estimate of drug-likeness (QED) is 0.596. The number of ether oxygens (including phenoxy) is 1. The van der Waals surface area contributed by atoms with E-state index in [9.17, 15) is 13.2 Å². The maximum absolute atomic E-state index is 12.5. The number of hydrogen-bond donors (Lipinski definition) is 2. The van der Waals surface area contributed by atoms with E-state index >= 15 is 0 Å². The number of carbonyl (C=O) groups is 1. The van der Waals surface area contributed by atoms with Crippen LogP contribution < -0.4 is 10.0 Å². The van der Waals surface area contributed by atoms with Gasteiger partial charge < -0.3 is 10.1 Å². The maximum atomic E-state index is 12.5. The summed E-state index contributed by atoms with van der Waals surface area (Å²) in [6, 6.07) is 9.26. The Morgan fingerprint density at radius 1 is 1.20 bits per heavy atom. The summed E-state index contributed by atoms with van der Waals surface area (Å²) >= 11 is 0. The molecule has 1 atom stereocenters. The zero-order valence-electron chi connectivity index (χ0n) is 16.1. The highest BCUT2D eigenvalue weighted by Gasteiger charge is 2.20. The van der Waals surface area contributed by atoms with Crippen molar-refractivity contribution in [1.82, 2.24) is 19.3 Å². The Labute approximate surface area is 174 Å². The lowest BCUT2D eigenvalue weighted by molar-refractivity contribution is 0.102. The molecule has 1 aromatic carbocycles. The molecule has 3 aromatic rings. The smallest absolute Gasteiger partial charge is 0.255 e. The molecule has 1 amide bonds. The molecular weight excluding hydrogens is 406 g/mol. The molecule has 4 rings (SSSR count). The molecule has 0 aliphatic carbocycles. The highest BCUT2D eigenvalue weighted by Crippen LogP contribution is 2.15. The van der Waals surface area contributed by atoms with Gasteiger partial charge in [-0.1, -0.05) is 0 Å². The van der Waals surface area contributed by atoms with Crippen LogP contribution in [0.4, 0.5) is 5.69 Å². The molecule has 0 saturated carbocycles. The maximum Gasteiger partial charge on any atom is 0.255 e. The molecule has 0 radical (unpaired) electrons. The summed E-state index contributed by atoms with van der Waals surface area (Å²) in [7, 11) is -3.65. The van der Waals surface area contributed by atoms with E-state index < -0.39 is 10.0 Å². The minimum absolute atomic E-state index is 0.0846. The Morgan fingerprint density at radius 3 is 2.67 bits per heavy atom. The standard InChI is InChI=1S/C20H21N5O4S/c26-20(24-16-5-8-19(22-12-16)25-10-9-21-14-25)15-3-6-18(7-4-15)30(27,28)23-13-17-2-1-11-29-17/h3-10,12,14,17,23H,1-2,11,13H2,(H,24,26). The summed E-state index contributed by atoms with van der Waals surface area (Å²) in [6.45, 7) is 0.907. The predicted octanol–water partition coefficient (Wildman–Crippen LogP) is 1.98. The molecule has 1 aliphatic rings. The first kappa shape index (κ1) is 20.2. The van der Waals surface area contributed by atoms with E-state index in [0.29, 0.717) is 23.7 Å². The van der Waals surface area contributed by atoms with Crippen LogP contribution in [0, 0.1) is 0 Å². The van der Waals surface area contributed by atoms with Gasteiger partial charge in [0.1, 0.15) is 12.1 Å². The van der Waals surface area contributed by atoms with Crippen molar-refractivity contribution in [3.05, 3.63) is 66.9 Å². The van der Waals surface area contributed by atoms with Crippen molar-refractivity contribution in [2.75, 3.05) is 18.5 Å². The monoisotopic (exact) mass is 427 g/mol. The van der Waals surface area contributed by atoms with Crippen LogP contribution in [0.5, 0.6) is 0 Å². The van der Waals surface area contributed by atoms with Crippen LogP contribution in [-0.2, 0) is 14.8 Å². The van der Waals surface area contributed by atoms with Crippen molar-refractivity contribution in [3.8, 4) is 5.82 Å². The average molecular weight is 427 g/mol. The first-order valence-electron chi connectivity index (χ1n) is 9.48. The first-order chi connectivity index (χ1) is 14.5. The van der Waals surface area contributed by atoms with Gasteiger partial charge in [0, 0.05) is 31.1 Å². The van der Waals surface area contributed by atoms with Gasteiger partial charge in [-0.3, -0.25) is 9.36 Å². The third-order valence-electron chi connectivity index (χ3n) is 4.73. The van der Waals surface area contributed by atoms with Crippen LogP contribution in [0.1, 0.15) is 23.2 Å². The van der Waals surface area contributed by atoms with E-state index in [4.69, 9.17) is 4.74 Å². The third-order valence-corrected chi connectivity index (χ3v) is 6.17. The Hall–Kier alpha value is -3.08. The lowest BCUT2D eigenvalue weighted by atomic mass is 10.2. The summed E-state index contributed by atoms with van der Waals surface area (Å²) < 4.78 is 34.5. The number of nitrogens with one attached hydrogen (secondary N) is 2. The number of nitrogens with zero attached hydrogens (tertiary/aromatic N) is 3. The van der Waals surface area contributed by atoms with E-state index in [-0.39, 0.29) is 23.5 Å². The Kier molecular flexibility index (Phi) is 5.88. The molecule has 1 fully saturated rings. The first-order valence-corrected chi connectivity index (χ1v) is 11.0. The van der Waals surface area contributed by atoms with Gasteiger partial charge in [0.25, 0.3) is 5.91 Å². The van der Waals surface area contributed by atoms with Crippen molar-refractivity contribution in [2.24, 2.45) is 0 Å². The summed E-state index contributed by atoms with van der Waals surface area (Å²) in [5.74, 6) is 0.319. The van der Waals surface area contributed by atoms with Gasteiger partial charge in [0.2, 0.25) is 10.0 Å². The number of carbonyl (C=O) groups excluding carboxylic acids is 1. The number of sulfonamides is 1.